The van der Waals surface area contributed by atoms with Gasteiger partial charge in [0, 0.05) is 22.9 Å². The lowest BCUT2D eigenvalue weighted by Crippen LogP contribution is -2.69. The minimum atomic E-state index is -0.648. The molecule has 1 unspecified atom stereocenters. The number of nitrogens with one attached hydrogen (secondary N) is 1. The summed E-state index contributed by atoms with van der Waals surface area (Å²) in [4.78, 5) is 31.5. The Hall–Kier alpha value is -2.30. The maximum atomic E-state index is 13.5. The Balaban J connectivity index is 1.48. The third-order valence-electron chi connectivity index (χ3n) is 16.8. The number of carboxylic acid groups (broad SMARTS) is 1. The number of aromatic nitrogens is 3. The van der Waals surface area contributed by atoms with E-state index in [4.69, 9.17) is 20.3 Å². The summed E-state index contributed by atoms with van der Waals surface area (Å²) in [6, 6.07) is -0.282. The molecule has 2 heterocycles. The van der Waals surface area contributed by atoms with Crippen LogP contribution in [0.1, 0.15) is 138 Å². The van der Waals surface area contributed by atoms with Gasteiger partial charge in [0.25, 0.3) is 5.91 Å². The van der Waals surface area contributed by atoms with E-state index in [1.54, 1.807) is 0 Å². The van der Waals surface area contributed by atoms with Crippen molar-refractivity contribution in [2.75, 3.05) is 26.4 Å². The highest BCUT2D eigenvalue weighted by Crippen LogP contribution is 2.75. The number of hydrogen-bond donors (Lipinski definition) is 3. The molecule has 1 saturated heterocycles. The minimum absolute atomic E-state index is 0.194. The maximum Gasteiger partial charge on any atom is 0.307 e. The number of ether oxygens (including phenoxy) is 2. The number of aliphatic carboxylic acids is 1. The zero-order valence-electron chi connectivity index (χ0n) is 34.3. The molecule has 292 valence electrons. The van der Waals surface area contributed by atoms with E-state index < -0.39 is 28.3 Å². The number of fused-ring (bicyclic) bond motifs is 3. The predicted molar refractivity (Wildman–Crippen MR) is 202 cm³/mol. The number of amides is 1. The maximum absolute atomic E-state index is 13.5. The number of rotatable bonds is 9. The van der Waals surface area contributed by atoms with Crippen molar-refractivity contribution in [3.05, 3.63) is 23.8 Å². The third-order valence-corrected chi connectivity index (χ3v) is 16.8. The van der Waals surface area contributed by atoms with E-state index in [1.807, 2.05) is 11.6 Å². The molecule has 2 bridgehead atoms. The summed E-state index contributed by atoms with van der Waals surface area (Å²) in [5, 5.41) is 18.8. The summed E-state index contributed by atoms with van der Waals surface area (Å²) in [6.07, 6.45) is 9.00. The van der Waals surface area contributed by atoms with Crippen LogP contribution in [0.5, 0.6) is 0 Å². The van der Waals surface area contributed by atoms with Crippen molar-refractivity contribution in [1.82, 2.24) is 20.1 Å². The Morgan fingerprint density at radius 2 is 1.79 bits per heavy atom. The number of carboxylic acids is 1. The fraction of sp³-hybridized carbons (Fsp3) is 0.857. The largest absolute Gasteiger partial charge is 0.481 e. The second-order valence-corrected chi connectivity index (χ2v) is 20.4. The summed E-state index contributed by atoms with van der Waals surface area (Å²) in [5.74, 6) is 0.159. The summed E-state index contributed by atoms with van der Waals surface area (Å²) < 4.78 is 15.7. The molecule has 1 aromatic rings. The van der Waals surface area contributed by atoms with Gasteiger partial charge in [0.2, 0.25) is 5.82 Å². The Bertz CT molecular complexity index is 1580. The highest BCUT2D eigenvalue weighted by Gasteiger charge is 2.72. The number of allylic oxidation sites excluding steroid dienone is 1. The van der Waals surface area contributed by atoms with Crippen LogP contribution in [0.2, 0.25) is 0 Å². The van der Waals surface area contributed by atoms with Crippen LogP contribution in [0.25, 0.3) is 0 Å². The smallest absolute Gasteiger partial charge is 0.307 e. The molecule has 0 spiro atoms. The van der Waals surface area contributed by atoms with Gasteiger partial charge in [0.05, 0.1) is 37.9 Å². The molecular weight excluding hydrogens is 654 g/mol. The predicted octanol–water partition coefficient (Wildman–Crippen LogP) is 7.31. The van der Waals surface area contributed by atoms with Crippen molar-refractivity contribution < 1.29 is 24.2 Å². The first kappa shape index (κ1) is 39.4. The molecule has 4 N–H and O–H groups in total. The zero-order valence-corrected chi connectivity index (χ0v) is 34.3. The van der Waals surface area contributed by atoms with E-state index in [9.17, 15) is 14.7 Å². The minimum Gasteiger partial charge on any atom is -0.481 e. The molecule has 1 aliphatic heterocycles. The van der Waals surface area contributed by atoms with Gasteiger partial charge >= 0.3 is 5.97 Å². The fourth-order valence-electron chi connectivity index (χ4n) is 12.5. The SMILES string of the molecule is CCNC(=O)c1ncnn1[C@@H]1CC23COC[C@@](C)([C@@H]2CC[C@H]2C3=CC[C@@]3(C)[C@H](C(=O)O)[C@@](C)([C@H](C)C(C)C)CC[C@]23C)[C@H]1OC[C@](C)(N)C(C)(C)C. The van der Waals surface area contributed by atoms with Crippen LogP contribution in [-0.2, 0) is 14.3 Å². The molecule has 3 saturated carbocycles. The Labute approximate surface area is 312 Å². The molecule has 0 aromatic carbocycles. The first-order chi connectivity index (χ1) is 24.1. The molecule has 12 atom stereocenters. The van der Waals surface area contributed by atoms with Gasteiger partial charge in [-0.05, 0) is 97.7 Å². The van der Waals surface area contributed by atoms with E-state index >= 15 is 0 Å². The van der Waals surface area contributed by atoms with Gasteiger partial charge in [-0.3, -0.25) is 9.59 Å². The monoisotopic (exact) mass is 724 g/mol. The normalized spacial score (nSPS) is 41.9. The van der Waals surface area contributed by atoms with Gasteiger partial charge in [-0.25, -0.2) is 9.67 Å². The molecule has 1 amide bonds. The lowest BCUT2D eigenvalue weighted by atomic mass is 9.34. The number of nitrogens with zero attached hydrogens (tertiary/aromatic N) is 3. The van der Waals surface area contributed by atoms with Gasteiger partial charge in [-0.1, -0.05) is 80.9 Å². The molecule has 10 heteroatoms. The van der Waals surface area contributed by atoms with Crippen LogP contribution in [-0.4, -0.2) is 69.8 Å². The average molecular weight is 724 g/mol. The lowest BCUT2D eigenvalue weighted by Gasteiger charge is -2.71. The second kappa shape index (κ2) is 12.9. The van der Waals surface area contributed by atoms with Gasteiger partial charge in [-0.2, -0.15) is 5.10 Å². The number of carbonyl (C=O) groups excluding carboxylic acids is 1. The van der Waals surface area contributed by atoms with Crippen LogP contribution in [0, 0.1) is 62.1 Å². The summed E-state index contributed by atoms with van der Waals surface area (Å²) in [7, 11) is 0. The molecule has 0 radical (unpaired) electrons. The highest BCUT2D eigenvalue weighted by atomic mass is 16.5. The van der Waals surface area contributed by atoms with Crippen LogP contribution < -0.4 is 11.1 Å². The Morgan fingerprint density at radius 1 is 1.10 bits per heavy atom. The summed E-state index contributed by atoms with van der Waals surface area (Å²) >= 11 is 0. The van der Waals surface area contributed by atoms with Crippen molar-refractivity contribution in [3.8, 4) is 0 Å². The standard InChI is InChI=1S/C42H69N5O5/c1-13-44-34(48)33-45-24-46-47(33)29-20-42-23-51-21-38(9,32(29)52-22-41(12,43)36(5,6)7)30(42)15-14-27-28(42)16-17-40(11)31(35(49)50)37(8,26(4)25(2)3)18-19-39(27,40)10/h16,24-27,29-32H,13-15,17-23,43H2,1-12H3,(H,44,48)(H,49,50)/t26-,27+,29-,30+,31-,32+,37-,38+,39-,40+,41+,42?/m1/s1. The highest BCUT2D eigenvalue weighted by molar-refractivity contribution is 5.90. The quantitative estimate of drug-likeness (QED) is 0.225. The molecule has 5 aliphatic rings. The van der Waals surface area contributed by atoms with Gasteiger partial charge in [-0.15, -0.1) is 0 Å². The summed E-state index contributed by atoms with van der Waals surface area (Å²) in [6.45, 7) is 28.4. The first-order valence-corrected chi connectivity index (χ1v) is 20.1. The summed E-state index contributed by atoms with van der Waals surface area (Å²) in [5.41, 5.74) is 6.00. The second-order valence-electron chi connectivity index (χ2n) is 20.4. The number of nitrogens with two attached hydrogens (primary N) is 1. The molecule has 1 aromatic heterocycles. The molecule has 4 aliphatic carbocycles. The Kier molecular flexibility index (Phi) is 9.77. The number of carbonyl (C=O) groups is 2. The molecule has 4 fully saturated rings. The first-order valence-electron chi connectivity index (χ1n) is 20.1. The van der Waals surface area contributed by atoms with Crippen molar-refractivity contribution in [3.63, 3.8) is 0 Å². The van der Waals surface area contributed by atoms with Crippen LogP contribution in [0.3, 0.4) is 0 Å². The van der Waals surface area contributed by atoms with E-state index in [1.165, 1.54) is 11.9 Å². The van der Waals surface area contributed by atoms with E-state index in [0.29, 0.717) is 44.5 Å². The molecule has 6 rings (SSSR count). The van der Waals surface area contributed by atoms with E-state index in [2.05, 4.69) is 92.5 Å². The molecular formula is C42H69N5O5. The third kappa shape index (κ3) is 5.49. The Morgan fingerprint density at radius 3 is 2.40 bits per heavy atom. The fourth-order valence-corrected chi connectivity index (χ4v) is 12.5. The molecule has 10 nitrogen and oxygen atoms in total. The number of hydrogen-bond acceptors (Lipinski definition) is 7. The topological polar surface area (TPSA) is 142 Å². The van der Waals surface area contributed by atoms with Crippen molar-refractivity contribution >= 4 is 11.9 Å². The van der Waals surface area contributed by atoms with E-state index in [0.717, 1.165) is 32.1 Å². The van der Waals surface area contributed by atoms with Crippen molar-refractivity contribution in [2.45, 2.75) is 139 Å². The van der Waals surface area contributed by atoms with Gasteiger partial charge in [0.1, 0.15) is 6.33 Å². The van der Waals surface area contributed by atoms with Gasteiger partial charge in [0.15, 0.2) is 0 Å². The van der Waals surface area contributed by atoms with Crippen molar-refractivity contribution in [2.24, 2.45) is 67.8 Å². The van der Waals surface area contributed by atoms with Crippen molar-refractivity contribution in [1.29, 1.82) is 0 Å². The van der Waals surface area contributed by atoms with E-state index in [-0.39, 0.29) is 57.5 Å². The van der Waals surface area contributed by atoms with Crippen LogP contribution >= 0.6 is 0 Å². The van der Waals surface area contributed by atoms with Crippen LogP contribution in [0.15, 0.2) is 18.0 Å². The van der Waals surface area contributed by atoms with Crippen LogP contribution in [0.4, 0.5) is 0 Å². The lowest BCUT2D eigenvalue weighted by molar-refractivity contribution is -0.253. The average Bonchev–Trinajstić information content (AvgIpc) is 3.53. The zero-order chi connectivity index (χ0) is 38.4. The molecule has 52 heavy (non-hydrogen) atoms. The van der Waals surface area contributed by atoms with Gasteiger partial charge < -0.3 is 25.6 Å².